The Balaban J connectivity index is 1.54. The SMILES string of the molecule is CC(C)Cn1c(=O)n(CCCN2CCc3ccccc3C2)c(=O)c2ccccc21. The van der Waals surface area contributed by atoms with E-state index in [-0.39, 0.29) is 11.2 Å². The van der Waals surface area contributed by atoms with Crippen LogP contribution < -0.4 is 11.2 Å². The van der Waals surface area contributed by atoms with E-state index in [0.717, 1.165) is 38.0 Å². The van der Waals surface area contributed by atoms with Crippen molar-refractivity contribution >= 4 is 10.9 Å². The molecule has 1 aliphatic rings. The highest BCUT2D eigenvalue weighted by atomic mass is 16.2. The Hall–Kier alpha value is -2.66. The third-order valence-corrected chi connectivity index (χ3v) is 5.75. The van der Waals surface area contributed by atoms with Gasteiger partial charge in [-0.25, -0.2) is 4.79 Å². The molecular weight excluding hydrogens is 362 g/mol. The second-order valence-corrected chi connectivity index (χ2v) is 8.41. The maximum atomic E-state index is 13.1. The maximum absolute atomic E-state index is 13.1. The first-order valence-corrected chi connectivity index (χ1v) is 10.6. The molecule has 0 atom stereocenters. The van der Waals surface area contributed by atoms with Crippen LogP contribution in [0, 0.1) is 5.92 Å². The molecule has 0 radical (unpaired) electrons. The molecule has 5 nitrogen and oxygen atoms in total. The first-order valence-electron chi connectivity index (χ1n) is 10.6. The standard InChI is InChI=1S/C24H29N3O2/c1-18(2)16-27-22-11-6-5-10-21(22)23(28)26(24(27)29)14-7-13-25-15-12-19-8-3-4-9-20(19)17-25/h3-6,8-11,18H,7,12-17H2,1-2H3. The van der Waals surface area contributed by atoms with Crippen molar-refractivity contribution in [3.63, 3.8) is 0 Å². The van der Waals surface area contributed by atoms with Crippen LogP contribution in [0.2, 0.25) is 0 Å². The van der Waals surface area contributed by atoms with Gasteiger partial charge in [-0.1, -0.05) is 50.2 Å². The van der Waals surface area contributed by atoms with E-state index in [9.17, 15) is 9.59 Å². The summed E-state index contributed by atoms with van der Waals surface area (Å²) in [6.45, 7) is 8.11. The minimum atomic E-state index is -0.189. The number of benzene rings is 2. The fourth-order valence-electron chi connectivity index (χ4n) is 4.31. The highest BCUT2D eigenvalue weighted by Gasteiger charge is 2.17. The van der Waals surface area contributed by atoms with Crippen LogP contribution in [0.4, 0.5) is 0 Å². The van der Waals surface area contributed by atoms with E-state index in [1.807, 2.05) is 24.3 Å². The lowest BCUT2D eigenvalue weighted by Crippen LogP contribution is -2.41. The van der Waals surface area contributed by atoms with Gasteiger partial charge in [0, 0.05) is 32.7 Å². The quantitative estimate of drug-likeness (QED) is 0.648. The number of hydrogen-bond acceptors (Lipinski definition) is 3. The van der Waals surface area contributed by atoms with Gasteiger partial charge in [-0.05, 0) is 42.0 Å². The van der Waals surface area contributed by atoms with Crippen LogP contribution in [0.3, 0.4) is 0 Å². The first-order chi connectivity index (χ1) is 14.0. The molecule has 152 valence electrons. The molecule has 3 aromatic rings. The van der Waals surface area contributed by atoms with Crippen molar-refractivity contribution in [2.75, 3.05) is 13.1 Å². The lowest BCUT2D eigenvalue weighted by atomic mass is 10.00. The van der Waals surface area contributed by atoms with Crippen LogP contribution in [0.5, 0.6) is 0 Å². The molecule has 2 aromatic carbocycles. The number of aromatic nitrogens is 2. The molecule has 0 saturated heterocycles. The lowest BCUT2D eigenvalue weighted by Gasteiger charge is -2.28. The van der Waals surface area contributed by atoms with Gasteiger partial charge >= 0.3 is 5.69 Å². The molecule has 5 heteroatoms. The van der Waals surface area contributed by atoms with Gasteiger partial charge in [0.1, 0.15) is 0 Å². The molecule has 0 spiro atoms. The Morgan fingerprint density at radius 1 is 0.897 bits per heavy atom. The van der Waals surface area contributed by atoms with Crippen LogP contribution in [0.25, 0.3) is 10.9 Å². The van der Waals surface area contributed by atoms with Crippen molar-refractivity contribution in [1.29, 1.82) is 0 Å². The largest absolute Gasteiger partial charge is 0.331 e. The fraction of sp³-hybridized carbons (Fsp3) is 0.417. The predicted octanol–water partition coefficient (Wildman–Crippen LogP) is 3.27. The first kappa shape index (κ1) is 19.6. The Bertz CT molecular complexity index is 1130. The molecule has 0 unspecified atom stereocenters. The highest BCUT2D eigenvalue weighted by Crippen LogP contribution is 2.18. The van der Waals surface area contributed by atoms with E-state index in [1.165, 1.54) is 15.7 Å². The van der Waals surface area contributed by atoms with Gasteiger partial charge in [-0.2, -0.15) is 0 Å². The molecule has 0 aliphatic carbocycles. The van der Waals surface area contributed by atoms with E-state index < -0.39 is 0 Å². The van der Waals surface area contributed by atoms with E-state index in [1.54, 1.807) is 4.57 Å². The highest BCUT2D eigenvalue weighted by molar-refractivity contribution is 5.77. The summed E-state index contributed by atoms with van der Waals surface area (Å²) < 4.78 is 3.20. The molecule has 0 N–H and O–H groups in total. The molecule has 0 amide bonds. The van der Waals surface area contributed by atoms with Gasteiger partial charge in [-0.15, -0.1) is 0 Å². The van der Waals surface area contributed by atoms with E-state index in [2.05, 4.69) is 43.0 Å². The Labute approximate surface area is 171 Å². The average molecular weight is 392 g/mol. The Morgan fingerprint density at radius 2 is 1.62 bits per heavy atom. The van der Waals surface area contributed by atoms with Crippen molar-refractivity contribution in [3.8, 4) is 0 Å². The van der Waals surface area contributed by atoms with Crippen molar-refractivity contribution in [2.45, 2.75) is 46.3 Å². The summed E-state index contributed by atoms with van der Waals surface area (Å²) >= 11 is 0. The van der Waals surface area contributed by atoms with Crippen LogP contribution in [0.1, 0.15) is 31.4 Å². The zero-order valence-electron chi connectivity index (χ0n) is 17.3. The topological polar surface area (TPSA) is 47.2 Å². The zero-order valence-corrected chi connectivity index (χ0v) is 17.3. The number of rotatable bonds is 6. The molecular formula is C24H29N3O2. The normalized spacial score (nSPS) is 14.4. The molecule has 0 bridgehead atoms. The summed E-state index contributed by atoms with van der Waals surface area (Å²) in [4.78, 5) is 28.5. The third-order valence-electron chi connectivity index (χ3n) is 5.75. The molecule has 4 rings (SSSR count). The molecule has 29 heavy (non-hydrogen) atoms. The van der Waals surface area contributed by atoms with Gasteiger partial charge in [-0.3, -0.25) is 18.8 Å². The molecule has 2 heterocycles. The molecule has 0 fully saturated rings. The fourth-order valence-corrected chi connectivity index (χ4v) is 4.31. The minimum Gasteiger partial charge on any atom is -0.299 e. The van der Waals surface area contributed by atoms with E-state index >= 15 is 0 Å². The summed E-state index contributed by atoms with van der Waals surface area (Å²) in [5, 5.41) is 0.625. The van der Waals surface area contributed by atoms with Crippen molar-refractivity contribution in [2.24, 2.45) is 5.92 Å². The number of hydrogen-bond donors (Lipinski definition) is 0. The van der Waals surface area contributed by atoms with E-state index in [4.69, 9.17) is 0 Å². The smallest absolute Gasteiger partial charge is 0.299 e. The van der Waals surface area contributed by atoms with Crippen LogP contribution in [0.15, 0.2) is 58.1 Å². The molecule has 1 aliphatic heterocycles. The summed E-state index contributed by atoms with van der Waals surface area (Å²) in [7, 11) is 0. The minimum absolute atomic E-state index is 0.172. The monoisotopic (exact) mass is 391 g/mol. The lowest BCUT2D eigenvalue weighted by molar-refractivity contribution is 0.245. The molecule has 1 aromatic heterocycles. The Morgan fingerprint density at radius 3 is 2.41 bits per heavy atom. The number of para-hydroxylation sites is 1. The number of nitrogens with zero attached hydrogens (tertiary/aromatic N) is 3. The summed E-state index contributed by atoms with van der Waals surface area (Å²) in [5.41, 5.74) is 3.20. The van der Waals surface area contributed by atoms with Crippen molar-refractivity contribution in [1.82, 2.24) is 14.0 Å². The third kappa shape index (κ3) is 4.06. The average Bonchev–Trinajstić information content (AvgIpc) is 2.73. The van der Waals surface area contributed by atoms with Crippen LogP contribution in [-0.4, -0.2) is 27.1 Å². The summed E-state index contributed by atoms with van der Waals surface area (Å²) in [6, 6.07) is 16.0. The Kier molecular flexibility index (Phi) is 5.67. The van der Waals surface area contributed by atoms with Gasteiger partial charge in [0.05, 0.1) is 10.9 Å². The van der Waals surface area contributed by atoms with Crippen LogP contribution >= 0.6 is 0 Å². The van der Waals surface area contributed by atoms with Crippen molar-refractivity contribution < 1.29 is 0 Å². The van der Waals surface area contributed by atoms with Gasteiger partial charge in [0.25, 0.3) is 5.56 Å². The zero-order chi connectivity index (χ0) is 20.4. The number of fused-ring (bicyclic) bond motifs is 2. The van der Waals surface area contributed by atoms with Gasteiger partial charge < -0.3 is 0 Å². The maximum Gasteiger partial charge on any atom is 0.331 e. The summed E-state index contributed by atoms with van der Waals surface area (Å²) in [5.74, 6) is 0.329. The van der Waals surface area contributed by atoms with E-state index in [0.29, 0.717) is 24.4 Å². The second-order valence-electron chi connectivity index (χ2n) is 8.41. The van der Waals surface area contributed by atoms with Crippen molar-refractivity contribution in [3.05, 3.63) is 80.5 Å². The predicted molar refractivity (Wildman–Crippen MR) is 117 cm³/mol. The van der Waals surface area contributed by atoms with Gasteiger partial charge in [0.2, 0.25) is 0 Å². The van der Waals surface area contributed by atoms with Crippen LogP contribution in [-0.2, 0) is 26.1 Å². The van der Waals surface area contributed by atoms with Gasteiger partial charge in [0.15, 0.2) is 0 Å². The molecule has 0 saturated carbocycles. The summed E-state index contributed by atoms with van der Waals surface area (Å²) in [6.07, 6.45) is 1.85. The second kappa shape index (κ2) is 8.37.